The number of fused-ring (bicyclic) bond motifs is 1. The van der Waals surface area contributed by atoms with Crippen LogP contribution in [0.25, 0.3) is 11.1 Å². The first-order chi connectivity index (χ1) is 4.88. The van der Waals surface area contributed by atoms with Crippen molar-refractivity contribution in [1.82, 2.24) is 9.97 Å². The molecule has 0 saturated carbocycles. The van der Waals surface area contributed by atoms with Crippen molar-refractivity contribution in [2.24, 2.45) is 0 Å². The molecule has 0 radical (unpaired) electrons. The van der Waals surface area contributed by atoms with Gasteiger partial charge in [-0.1, -0.05) is 0 Å². The van der Waals surface area contributed by atoms with E-state index >= 15 is 0 Å². The van der Waals surface area contributed by atoms with Gasteiger partial charge >= 0.3 is 0 Å². The molecule has 2 aromatic heterocycles. The maximum absolute atomic E-state index is 5.05. The largest absolute Gasteiger partial charge is 0.446 e. The van der Waals surface area contributed by atoms with E-state index in [4.69, 9.17) is 4.42 Å². The highest BCUT2D eigenvalue weighted by Crippen LogP contribution is 2.13. The summed E-state index contributed by atoms with van der Waals surface area (Å²) in [6, 6.07) is 1.87. The summed E-state index contributed by atoms with van der Waals surface area (Å²) >= 11 is 0. The molecule has 50 valence electrons. The second-order valence-corrected chi connectivity index (χ2v) is 2.10. The quantitative estimate of drug-likeness (QED) is 0.548. The van der Waals surface area contributed by atoms with Gasteiger partial charge in [-0.25, -0.2) is 9.97 Å². The molecule has 0 amide bonds. The minimum atomic E-state index is 0.660. The normalized spacial score (nSPS) is 10.5. The Hall–Kier alpha value is -1.38. The number of aromatic nitrogens is 2. The number of rotatable bonds is 0. The zero-order valence-corrected chi connectivity index (χ0v) is 5.53. The minimum absolute atomic E-state index is 0.660. The fourth-order valence-corrected chi connectivity index (χ4v) is 0.914. The molecular weight excluding hydrogens is 128 g/mol. The summed E-state index contributed by atoms with van der Waals surface area (Å²) in [4.78, 5) is 7.93. The highest BCUT2D eigenvalue weighted by molar-refractivity contribution is 5.74. The second kappa shape index (κ2) is 1.80. The first-order valence-electron chi connectivity index (χ1n) is 3.03. The SMILES string of the molecule is Cc1ncnc2occc12. The number of nitrogens with zero attached hydrogens (tertiary/aromatic N) is 2. The van der Waals surface area contributed by atoms with Crippen LogP contribution in [0, 0.1) is 6.92 Å². The number of hydrogen-bond donors (Lipinski definition) is 0. The first-order valence-corrected chi connectivity index (χ1v) is 3.03. The third-order valence-corrected chi connectivity index (χ3v) is 1.46. The average Bonchev–Trinajstić information content (AvgIpc) is 2.36. The van der Waals surface area contributed by atoms with E-state index in [1.54, 1.807) is 6.26 Å². The second-order valence-electron chi connectivity index (χ2n) is 2.10. The molecule has 2 aromatic rings. The van der Waals surface area contributed by atoms with E-state index in [2.05, 4.69) is 9.97 Å². The summed E-state index contributed by atoms with van der Waals surface area (Å²) in [7, 11) is 0. The molecule has 3 nitrogen and oxygen atoms in total. The van der Waals surface area contributed by atoms with Gasteiger partial charge < -0.3 is 4.42 Å². The molecule has 0 N–H and O–H groups in total. The zero-order valence-electron chi connectivity index (χ0n) is 5.53. The lowest BCUT2D eigenvalue weighted by Crippen LogP contribution is -1.81. The molecule has 0 aliphatic carbocycles. The third kappa shape index (κ3) is 0.603. The summed E-state index contributed by atoms with van der Waals surface area (Å²) in [5, 5.41) is 0.988. The van der Waals surface area contributed by atoms with Gasteiger partial charge in [0.05, 0.1) is 17.3 Å². The Morgan fingerprint density at radius 1 is 1.40 bits per heavy atom. The van der Waals surface area contributed by atoms with Gasteiger partial charge in [0.2, 0.25) is 5.71 Å². The van der Waals surface area contributed by atoms with Crippen molar-refractivity contribution in [2.75, 3.05) is 0 Å². The van der Waals surface area contributed by atoms with Crippen LogP contribution in [0.2, 0.25) is 0 Å². The van der Waals surface area contributed by atoms with E-state index in [1.165, 1.54) is 6.33 Å². The van der Waals surface area contributed by atoms with Crippen molar-refractivity contribution < 1.29 is 4.42 Å². The monoisotopic (exact) mass is 134 g/mol. The molecule has 0 spiro atoms. The van der Waals surface area contributed by atoms with Crippen molar-refractivity contribution in [1.29, 1.82) is 0 Å². The Bertz CT molecular complexity index is 353. The topological polar surface area (TPSA) is 38.9 Å². The van der Waals surface area contributed by atoms with Gasteiger partial charge in [0.1, 0.15) is 6.33 Å². The van der Waals surface area contributed by atoms with Gasteiger partial charge in [0.25, 0.3) is 0 Å². The first kappa shape index (κ1) is 5.41. The van der Waals surface area contributed by atoms with Gasteiger partial charge in [-0.3, -0.25) is 0 Å². The molecule has 0 saturated heterocycles. The van der Waals surface area contributed by atoms with Crippen LogP contribution in [0.15, 0.2) is 23.1 Å². The van der Waals surface area contributed by atoms with Gasteiger partial charge in [0, 0.05) is 0 Å². The van der Waals surface area contributed by atoms with Crippen LogP contribution in [0.5, 0.6) is 0 Å². The maximum atomic E-state index is 5.05. The molecule has 0 unspecified atom stereocenters. The van der Waals surface area contributed by atoms with Crippen LogP contribution in [-0.4, -0.2) is 9.97 Å². The lowest BCUT2D eigenvalue weighted by molar-refractivity contribution is 0.602. The van der Waals surface area contributed by atoms with Gasteiger partial charge in [-0.2, -0.15) is 0 Å². The molecule has 0 fully saturated rings. The molecule has 0 aliphatic rings. The fourth-order valence-electron chi connectivity index (χ4n) is 0.914. The van der Waals surface area contributed by atoms with E-state index in [0.29, 0.717) is 5.71 Å². The fraction of sp³-hybridized carbons (Fsp3) is 0.143. The standard InChI is InChI=1S/C7H6N2O/c1-5-6-2-3-10-7(6)9-4-8-5/h2-4H,1H3. The van der Waals surface area contributed by atoms with Gasteiger partial charge in [-0.15, -0.1) is 0 Å². The van der Waals surface area contributed by atoms with E-state index in [9.17, 15) is 0 Å². The molecule has 2 heterocycles. The molecular formula is C7H6N2O. The smallest absolute Gasteiger partial charge is 0.229 e. The van der Waals surface area contributed by atoms with Crippen molar-refractivity contribution in [3.63, 3.8) is 0 Å². The van der Waals surface area contributed by atoms with Crippen molar-refractivity contribution in [3.05, 3.63) is 24.4 Å². The molecule has 0 aromatic carbocycles. The summed E-state index contributed by atoms with van der Waals surface area (Å²) in [5.41, 5.74) is 1.62. The third-order valence-electron chi connectivity index (χ3n) is 1.46. The molecule has 0 aliphatic heterocycles. The molecule has 3 heteroatoms. The molecule has 0 bridgehead atoms. The lowest BCUT2D eigenvalue weighted by atomic mass is 10.3. The van der Waals surface area contributed by atoms with Crippen LogP contribution in [0.3, 0.4) is 0 Å². The van der Waals surface area contributed by atoms with Crippen LogP contribution in [0.1, 0.15) is 5.69 Å². The Balaban J connectivity index is 2.95. The minimum Gasteiger partial charge on any atom is -0.446 e. The summed E-state index contributed by atoms with van der Waals surface area (Å²) in [5.74, 6) is 0. The van der Waals surface area contributed by atoms with Crippen LogP contribution >= 0.6 is 0 Å². The zero-order chi connectivity index (χ0) is 6.97. The molecule has 0 atom stereocenters. The predicted octanol–water partition coefficient (Wildman–Crippen LogP) is 1.53. The average molecular weight is 134 g/mol. The Labute approximate surface area is 57.7 Å². The van der Waals surface area contributed by atoms with Crippen molar-refractivity contribution in [3.8, 4) is 0 Å². The van der Waals surface area contributed by atoms with Gasteiger partial charge in [-0.05, 0) is 13.0 Å². The van der Waals surface area contributed by atoms with Gasteiger partial charge in [0.15, 0.2) is 0 Å². The van der Waals surface area contributed by atoms with Crippen LogP contribution < -0.4 is 0 Å². The Morgan fingerprint density at radius 2 is 2.30 bits per heavy atom. The molecule has 10 heavy (non-hydrogen) atoms. The number of aryl methyl sites for hydroxylation is 1. The van der Waals surface area contributed by atoms with E-state index < -0.39 is 0 Å². The maximum Gasteiger partial charge on any atom is 0.229 e. The summed E-state index contributed by atoms with van der Waals surface area (Å²) in [6.45, 7) is 1.93. The lowest BCUT2D eigenvalue weighted by Gasteiger charge is -1.88. The summed E-state index contributed by atoms with van der Waals surface area (Å²) in [6.07, 6.45) is 3.12. The van der Waals surface area contributed by atoms with Crippen LogP contribution in [-0.2, 0) is 0 Å². The van der Waals surface area contributed by atoms with E-state index in [-0.39, 0.29) is 0 Å². The Kier molecular flexibility index (Phi) is 0.974. The van der Waals surface area contributed by atoms with Crippen molar-refractivity contribution in [2.45, 2.75) is 6.92 Å². The molecule has 2 rings (SSSR count). The highest BCUT2D eigenvalue weighted by atomic mass is 16.3. The predicted molar refractivity (Wildman–Crippen MR) is 36.5 cm³/mol. The number of furan rings is 1. The van der Waals surface area contributed by atoms with Crippen LogP contribution in [0.4, 0.5) is 0 Å². The Morgan fingerprint density at radius 3 is 3.10 bits per heavy atom. The van der Waals surface area contributed by atoms with E-state index in [0.717, 1.165) is 11.1 Å². The number of hydrogen-bond acceptors (Lipinski definition) is 3. The van der Waals surface area contributed by atoms with E-state index in [1.807, 2.05) is 13.0 Å². The highest BCUT2D eigenvalue weighted by Gasteiger charge is 1.99. The summed E-state index contributed by atoms with van der Waals surface area (Å²) < 4.78 is 5.05. The van der Waals surface area contributed by atoms with Crippen molar-refractivity contribution >= 4 is 11.1 Å².